The van der Waals surface area contributed by atoms with E-state index in [0.717, 1.165) is 38.5 Å². The molecule has 1 N–H and O–H groups in total. The molecule has 0 bridgehead atoms. The molecule has 0 saturated heterocycles. The molecule has 0 aliphatic heterocycles. The van der Waals surface area contributed by atoms with Crippen LogP contribution >= 0.6 is 7.82 Å². The number of hydrogen-bond acceptors (Lipinski definition) is 13. The summed E-state index contributed by atoms with van der Waals surface area (Å²) in [6.45, 7) is 5.31. The first-order valence-corrected chi connectivity index (χ1v) is 22.7. The lowest BCUT2D eigenvalue weighted by Gasteiger charge is -2.21. The highest BCUT2D eigenvalue weighted by molar-refractivity contribution is 7.47. The Morgan fingerprint density at radius 3 is 1.24 bits per heavy atom. The molecule has 0 fully saturated rings. The van der Waals surface area contributed by atoms with Crippen molar-refractivity contribution in [2.75, 3.05) is 39.6 Å². The Kier molecular flexibility index (Phi) is 35.6. The van der Waals surface area contributed by atoms with Crippen LogP contribution in [0.4, 0.5) is 9.59 Å². The standard InChI is InChI=1S/C40H75O14P/c1-5-9-11-13-15-17-19-21-23-25-27-29-37(41)49-31-35(53-38(42)30-28-26-24-22-20-18-16-14-12-10-6-2)33-51-55(45,46)52-34-36(54-40(44)48-8-4)32-50-39(43)47-7-3/h35-36H,5-34H2,1-4H3,(H,45,46)/t35-,36?/m1/s1. The maximum Gasteiger partial charge on any atom is 0.508 e. The molecule has 0 aliphatic rings. The second-order valence-electron chi connectivity index (χ2n) is 13.8. The van der Waals surface area contributed by atoms with Crippen molar-refractivity contribution < 1.29 is 66.1 Å². The van der Waals surface area contributed by atoms with Gasteiger partial charge in [-0.1, -0.05) is 142 Å². The molecule has 0 amide bonds. The van der Waals surface area contributed by atoms with Crippen molar-refractivity contribution in [3.63, 3.8) is 0 Å². The molecule has 2 unspecified atom stereocenters. The quantitative estimate of drug-likeness (QED) is 0.0269. The molecule has 0 spiro atoms. The van der Waals surface area contributed by atoms with E-state index >= 15 is 0 Å². The summed E-state index contributed by atoms with van der Waals surface area (Å²) in [7, 11) is -4.83. The molecule has 3 atom stereocenters. The fourth-order valence-corrected chi connectivity index (χ4v) is 6.39. The van der Waals surface area contributed by atoms with Crippen molar-refractivity contribution in [3.8, 4) is 0 Å². The molecule has 15 heteroatoms. The Morgan fingerprint density at radius 2 is 0.800 bits per heavy atom. The zero-order valence-corrected chi connectivity index (χ0v) is 35.5. The Hall–Kier alpha value is -2.41. The van der Waals surface area contributed by atoms with Crippen molar-refractivity contribution in [1.29, 1.82) is 0 Å². The molecule has 0 radical (unpaired) electrons. The number of carbonyl (C=O) groups excluding carboxylic acids is 4. The smallest absolute Gasteiger partial charge is 0.462 e. The van der Waals surface area contributed by atoms with Crippen molar-refractivity contribution in [2.45, 2.75) is 194 Å². The third-order valence-corrected chi connectivity index (χ3v) is 9.67. The lowest BCUT2D eigenvalue weighted by atomic mass is 10.1. The van der Waals surface area contributed by atoms with E-state index < -0.39 is 64.1 Å². The van der Waals surface area contributed by atoms with Crippen LogP contribution in [0.15, 0.2) is 0 Å². The van der Waals surface area contributed by atoms with Crippen LogP contribution in [0, 0.1) is 0 Å². The zero-order chi connectivity index (χ0) is 40.8. The number of rotatable bonds is 38. The molecule has 324 valence electrons. The van der Waals surface area contributed by atoms with Gasteiger partial charge in [0.05, 0.1) is 26.4 Å². The zero-order valence-electron chi connectivity index (χ0n) is 34.6. The summed E-state index contributed by atoms with van der Waals surface area (Å²) >= 11 is 0. The van der Waals surface area contributed by atoms with Gasteiger partial charge in [-0.05, 0) is 26.7 Å². The second-order valence-corrected chi connectivity index (χ2v) is 15.3. The number of unbranched alkanes of at least 4 members (excludes halogenated alkanes) is 20. The minimum Gasteiger partial charge on any atom is -0.462 e. The number of esters is 2. The summed E-state index contributed by atoms with van der Waals surface area (Å²) < 4.78 is 53.0. The van der Waals surface area contributed by atoms with Gasteiger partial charge in [-0.25, -0.2) is 14.2 Å². The first-order chi connectivity index (χ1) is 26.6. The van der Waals surface area contributed by atoms with E-state index in [1.54, 1.807) is 13.8 Å². The second kappa shape index (κ2) is 37.2. The fourth-order valence-electron chi connectivity index (χ4n) is 5.60. The van der Waals surface area contributed by atoms with E-state index in [0.29, 0.717) is 12.8 Å². The molecule has 14 nitrogen and oxygen atoms in total. The molecule has 0 saturated carbocycles. The van der Waals surface area contributed by atoms with E-state index in [1.165, 1.54) is 89.9 Å². The van der Waals surface area contributed by atoms with Crippen LogP contribution in [0.3, 0.4) is 0 Å². The van der Waals surface area contributed by atoms with Gasteiger partial charge in [0.15, 0.2) is 12.2 Å². The number of phosphoric acid groups is 1. The van der Waals surface area contributed by atoms with Gasteiger partial charge in [0.2, 0.25) is 0 Å². The topological polar surface area (TPSA) is 179 Å². The molecule has 0 rings (SSSR count). The minimum absolute atomic E-state index is 0.00397. The Bertz CT molecular complexity index is 1010. The number of hydrogen-bond donors (Lipinski definition) is 1. The lowest BCUT2D eigenvalue weighted by molar-refractivity contribution is -0.161. The largest absolute Gasteiger partial charge is 0.508 e. The monoisotopic (exact) mass is 810 g/mol. The molecule has 0 aromatic heterocycles. The van der Waals surface area contributed by atoms with Gasteiger partial charge in [0.25, 0.3) is 0 Å². The van der Waals surface area contributed by atoms with Gasteiger partial charge in [0, 0.05) is 12.8 Å². The van der Waals surface area contributed by atoms with Gasteiger partial charge >= 0.3 is 32.1 Å². The van der Waals surface area contributed by atoms with Gasteiger partial charge in [-0.3, -0.25) is 18.6 Å². The third kappa shape index (κ3) is 35.7. The van der Waals surface area contributed by atoms with E-state index in [4.69, 9.17) is 32.7 Å². The fraction of sp³-hybridized carbons (Fsp3) is 0.900. The average Bonchev–Trinajstić information content (AvgIpc) is 3.15. The first-order valence-electron chi connectivity index (χ1n) is 21.2. The highest BCUT2D eigenvalue weighted by Crippen LogP contribution is 2.43. The summed E-state index contributed by atoms with van der Waals surface area (Å²) in [6.07, 6.45) is 20.7. The average molecular weight is 811 g/mol. The van der Waals surface area contributed by atoms with Crippen LogP contribution in [0.25, 0.3) is 0 Å². The van der Waals surface area contributed by atoms with Gasteiger partial charge in [-0.2, -0.15) is 0 Å². The van der Waals surface area contributed by atoms with Crippen LogP contribution in [-0.4, -0.2) is 81.0 Å². The molecule has 0 aromatic carbocycles. The maximum atomic E-state index is 12.8. The summed E-state index contributed by atoms with van der Waals surface area (Å²) in [5.41, 5.74) is 0. The molecule has 0 heterocycles. The summed E-state index contributed by atoms with van der Waals surface area (Å²) in [5, 5.41) is 0. The van der Waals surface area contributed by atoms with E-state index in [1.807, 2.05) is 0 Å². The van der Waals surface area contributed by atoms with Gasteiger partial charge < -0.3 is 33.3 Å². The van der Waals surface area contributed by atoms with Crippen LogP contribution in [0.1, 0.15) is 182 Å². The van der Waals surface area contributed by atoms with E-state index in [2.05, 4.69) is 18.6 Å². The third-order valence-electron chi connectivity index (χ3n) is 8.72. The van der Waals surface area contributed by atoms with Crippen LogP contribution in [0.2, 0.25) is 0 Å². The summed E-state index contributed by atoms with van der Waals surface area (Å²) in [5.74, 6) is -1.01. The summed E-state index contributed by atoms with van der Waals surface area (Å²) in [6, 6.07) is 0. The van der Waals surface area contributed by atoms with E-state index in [-0.39, 0.29) is 32.7 Å². The minimum atomic E-state index is -4.83. The Morgan fingerprint density at radius 1 is 0.436 bits per heavy atom. The molecule has 55 heavy (non-hydrogen) atoms. The Balaban J connectivity index is 4.94. The van der Waals surface area contributed by atoms with Crippen LogP contribution in [-0.2, 0) is 51.6 Å². The highest BCUT2D eigenvalue weighted by atomic mass is 31.2. The molecule has 0 aliphatic carbocycles. The van der Waals surface area contributed by atoms with E-state index in [9.17, 15) is 28.6 Å². The van der Waals surface area contributed by atoms with Crippen molar-refractivity contribution in [3.05, 3.63) is 0 Å². The predicted molar refractivity (Wildman–Crippen MR) is 210 cm³/mol. The Labute approximate surface area is 331 Å². The summed E-state index contributed by atoms with van der Waals surface area (Å²) in [4.78, 5) is 59.0. The maximum absolute atomic E-state index is 12.8. The predicted octanol–water partition coefficient (Wildman–Crippen LogP) is 10.7. The molecule has 0 aromatic rings. The van der Waals surface area contributed by atoms with Crippen molar-refractivity contribution in [2.24, 2.45) is 0 Å². The van der Waals surface area contributed by atoms with Gasteiger partial charge in [0.1, 0.15) is 13.2 Å². The number of phosphoric ester groups is 1. The lowest BCUT2D eigenvalue weighted by Crippen LogP contribution is -2.31. The van der Waals surface area contributed by atoms with Crippen LogP contribution in [0.5, 0.6) is 0 Å². The number of ether oxygens (including phenoxy) is 6. The highest BCUT2D eigenvalue weighted by Gasteiger charge is 2.29. The van der Waals surface area contributed by atoms with Crippen molar-refractivity contribution >= 4 is 32.1 Å². The molecular weight excluding hydrogens is 735 g/mol. The number of carbonyl (C=O) groups is 4. The van der Waals surface area contributed by atoms with Gasteiger partial charge in [-0.15, -0.1) is 0 Å². The van der Waals surface area contributed by atoms with Crippen molar-refractivity contribution in [1.82, 2.24) is 0 Å². The van der Waals surface area contributed by atoms with Crippen LogP contribution < -0.4 is 0 Å². The normalized spacial score (nSPS) is 13.3. The molecular formula is C40H75O14P. The first kappa shape index (κ1) is 52.6. The SMILES string of the molecule is CCCCCCCCCCCCCC(=O)OC[C@H](COP(=O)(O)OCC(COC(=O)OCC)OC(=O)OCC)OC(=O)CCCCCCCCCCCCC.